The van der Waals surface area contributed by atoms with Gasteiger partial charge in [-0.2, -0.15) is 13.2 Å². The van der Waals surface area contributed by atoms with Crippen molar-refractivity contribution in [1.82, 2.24) is 10.6 Å². The fraction of sp³-hybridized carbons (Fsp3) is 0.444. The van der Waals surface area contributed by atoms with Gasteiger partial charge >= 0.3 is 12.1 Å². The number of fused-ring (bicyclic) bond motifs is 3. The third-order valence-corrected chi connectivity index (χ3v) is 6.04. The second-order valence-corrected chi connectivity index (χ2v) is 8.00. The van der Waals surface area contributed by atoms with Crippen LogP contribution in [0.15, 0.2) is 24.3 Å². The minimum Gasteiger partial charge on any atom is -0.452 e. The highest BCUT2D eigenvalue weighted by Crippen LogP contribution is 2.30. The van der Waals surface area contributed by atoms with Crippen molar-refractivity contribution in [2.75, 3.05) is 6.61 Å². The lowest BCUT2D eigenvalue weighted by Crippen LogP contribution is -2.42. The first-order chi connectivity index (χ1) is 12.8. The second kappa shape index (κ2) is 6.79. The van der Waals surface area contributed by atoms with Crippen LogP contribution < -0.4 is 10.6 Å². The molecule has 27 heavy (non-hydrogen) atoms. The summed E-state index contributed by atoms with van der Waals surface area (Å²) < 4.78 is 41.5. The Morgan fingerprint density at radius 1 is 1.26 bits per heavy atom. The molecule has 144 valence electrons. The molecule has 5 nitrogen and oxygen atoms in total. The number of hydrogen-bond donors (Lipinski definition) is 2. The van der Waals surface area contributed by atoms with Gasteiger partial charge in [-0.25, -0.2) is 4.79 Å². The SMILES string of the molecule is O=C(N[C@@H]1C[C@H]2CC[C@@H]1N2)c1ccc2cc(C(=O)OCC(F)(F)F)sc2c1. The molecule has 3 heterocycles. The molecule has 0 radical (unpaired) electrons. The molecule has 2 aliphatic heterocycles. The number of carbonyl (C=O) groups is 2. The standard InChI is InChI=1S/C18H17F3N2O3S/c19-18(20,21)8-26-17(25)15-5-9-1-2-10(6-14(9)27-15)16(24)23-13-7-11-3-4-12(13)22-11/h1-2,5-6,11-13,22H,3-4,7-8H2,(H,23,24)/t11-,12+,13-/m1/s1. The molecule has 1 amide bonds. The van der Waals surface area contributed by atoms with Crippen LogP contribution in [0, 0.1) is 0 Å². The maximum absolute atomic E-state index is 12.5. The zero-order chi connectivity index (χ0) is 19.2. The van der Waals surface area contributed by atoms with E-state index in [1.807, 2.05) is 0 Å². The molecule has 2 fully saturated rings. The van der Waals surface area contributed by atoms with Crippen molar-refractivity contribution in [2.45, 2.75) is 43.6 Å². The van der Waals surface area contributed by atoms with Crippen LogP contribution in [0.1, 0.15) is 39.3 Å². The van der Waals surface area contributed by atoms with E-state index >= 15 is 0 Å². The quantitative estimate of drug-likeness (QED) is 0.776. The lowest BCUT2D eigenvalue weighted by atomic mass is 9.95. The number of benzene rings is 1. The van der Waals surface area contributed by atoms with E-state index in [1.54, 1.807) is 18.2 Å². The summed E-state index contributed by atoms with van der Waals surface area (Å²) in [5.41, 5.74) is 0.460. The van der Waals surface area contributed by atoms with Crippen LogP contribution in [-0.2, 0) is 4.74 Å². The van der Waals surface area contributed by atoms with Gasteiger partial charge in [0, 0.05) is 28.4 Å². The van der Waals surface area contributed by atoms with E-state index in [2.05, 4.69) is 15.4 Å². The van der Waals surface area contributed by atoms with Crippen molar-refractivity contribution in [3.8, 4) is 0 Å². The molecule has 0 unspecified atom stereocenters. The van der Waals surface area contributed by atoms with E-state index in [4.69, 9.17) is 0 Å². The van der Waals surface area contributed by atoms with Crippen LogP contribution in [-0.4, -0.2) is 42.8 Å². The molecule has 2 N–H and O–H groups in total. The molecule has 2 saturated heterocycles. The summed E-state index contributed by atoms with van der Waals surface area (Å²) in [7, 11) is 0. The third-order valence-electron chi connectivity index (χ3n) is 4.97. The van der Waals surface area contributed by atoms with E-state index in [0.29, 0.717) is 27.7 Å². The molecule has 2 aliphatic rings. The van der Waals surface area contributed by atoms with Gasteiger partial charge in [0.15, 0.2) is 6.61 Å². The number of rotatable bonds is 4. The highest BCUT2D eigenvalue weighted by Gasteiger charge is 2.39. The fourth-order valence-electron chi connectivity index (χ4n) is 3.73. The van der Waals surface area contributed by atoms with Gasteiger partial charge in [-0.05, 0) is 42.8 Å². The Kier molecular flexibility index (Phi) is 4.59. The number of alkyl halides is 3. The van der Waals surface area contributed by atoms with Crippen LogP contribution in [0.25, 0.3) is 10.1 Å². The van der Waals surface area contributed by atoms with Crippen molar-refractivity contribution in [3.63, 3.8) is 0 Å². The van der Waals surface area contributed by atoms with Crippen LogP contribution >= 0.6 is 11.3 Å². The normalized spacial score (nSPS) is 24.3. The van der Waals surface area contributed by atoms with E-state index in [1.165, 1.54) is 6.07 Å². The molecule has 9 heteroatoms. The van der Waals surface area contributed by atoms with Gasteiger partial charge in [-0.3, -0.25) is 4.79 Å². The van der Waals surface area contributed by atoms with Crippen molar-refractivity contribution in [2.24, 2.45) is 0 Å². The Bertz CT molecular complexity index is 896. The minimum atomic E-state index is -4.56. The summed E-state index contributed by atoms with van der Waals surface area (Å²) in [5.74, 6) is -1.21. The van der Waals surface area contributed by atoms with Gasteiger partial charge in [-0.1, -0.05) is 6.07 Å². The summed E-state index contributed by atoms with van der Waals surface area (Å²) in [6.07, 6.45) is -1.44. The number of esters is 1. The molecular weight excluding hydrogens is 381 g/mol. The van der Waals surface area contributed by atoms with Crippen LogP contribution in [0.5, 0.6) is 0 Å². The van der Waals surface area contributed by atoms with E-state index in [0.717, 1.165) is 30.6 Å². The second-order valence-electron chi connectivity index (χ2n) is 6.92. The monoisotopic (exact) mass is 398 g/mol. The van der Waals surface area contributed by atoms with Gasteiger partial charge in [0.1, 0.15) is 4.88 Å². The number of thiophene rings is 1. The van der Waals surface area contributed by atoms with Crippen LogP contribution in [0.3, 0.4) is 0 Å². The molecule has 1 aromatic carbocycles. The lowest BCUT2D eigenvalue weighted by molar-refractivity contribution is -0.161. The topological polar surface area (TPSA) is 67.4 Å². The zero-order valence-electron chi connectivity index (χ0n) is 14.1. The molecule has 0 spiro atoms. The average Bonchev–Trinajstić information content (AvgIpc) is 3.32. The maximum Gasteiger partial charge on any atom is 0.422 e. The number of nitrogens with one attached hydrogen (secondary N) is 2. The Morgan fingerprint density at radius 2 is 2.07 bits per heavy atom. The Labute approximate surface area is 156 Å². The highest BCUT2D eigenvalue weighted by atomic mass is 32.1. The highest BCUT2D eigenvalue weighted by molar-refractivity contribution is 7.20. The Hall–Kier alpha value is -2.13. The first-order valence-corrected chi connectivity index (χ1v) is 9.44. The van der Waals surface area contributed by atoms with Gasteiger partial charge in [0.2, 0.25) is 0 Å². The van der Waals surface area contributed by atoms with Gasteiger partial charge < -0.3 is 15.4 Å². The van der Waals surface area contributed by atoms with Crippen molar-refractivity contribution < 1.29 is 27.5 Å². The average molecular weight is 398 g/mol. The van der Waals surface area contributed by atoms with E-state index in [9.17, 15) is 22.8 Å². The number of halogens is 3. The smallest absolute Gasteiger partial charge is 0.422 e. The molecule has 2 aromatic rings. The first kappa shape index (κ1) is 18.2. The summed E-state index contributed by atoms with van der Waals surface area (Å²) in [6.45, 7) is -1.62. The molecule has 3 atom stereocenters. The van der Waals surface area contributed by atoms with Crippen molar-refractivity contribution in [1.29, 1.82) is 0 Å². The predicted molar refractivity (Wildman–Crippen MR) is 94.0 cm³/mol. The predicted octanol–water partition coefficient (Wildman–Crippen LogP) is 3.24. The number of ether oxygens (including phenoxy) is 1. The Morgan fingerprint density at radius 3 is 2.74 bits per heavy atom. The maximum atomic E-state index is 12.5. The minimum absolute atomic E-state index is 0.0733. The Balaban J connectivity index is 1.45. The van der Waals surface area contributed by atoms with Crippen molar-refractivity contribution >= 4 is 33.3 Å². The van der Waals surface area contributed by atoms with Crippen LogP contribution in [0.2, 0.25) is 0 Å². The molecular formula is C18H17F3N2O3S. The molecule has 0 aliphatic carbocycles. The molecule has 4 rings (SSSR count). The lowest BCUT2D eigenvalue weighted by Gasteiger charge is -2.21. The summed E-state index contributed by atoms with van der Waals surface area (Å²) in [4.78, 5) is 24.4. The van der Waals surface area contributed by atoms with E-state index in [-0.39, 0.29) is 16.8 Å². The molecule has 2 bridgehead atoms. The van der Waals surface area contributed by atoms with Gasteiger partial charge in [0.05, 0.1) is 0 Å². The van der Waals surface area contributed by atoms with Gasteiger partial charge in [0.25, 0.3) is 5.91 Å². The summed E-state index contributed by atoms with van der Waals surface area (Å²) in [6, 6.07) is 7.36. The summed E-state index contributed by atoms with van der Waals surface area (Å²) in [5, 5.41) is 7.18. The molecule has 0 saturated carbocycles. The van der Waals surface area contributed by atoms with Gasteiger partial charge in [-0.15, -0.1) is 11.3 Å². The number of hydrogen-bond acceptors (Lipinski definition) is 5. The van der Waals surface area contributed by atoms with Crippen molar-refractivity contribution in [3.05, 3.63) is 34.7 Å². The fourth-order valence-corrected chi connectivity index (χ4v) is 4.72. The van der Waals surface area contributed by atoms with E-state index < -0.39 is 18.8 Å². The van der Waals surface area contributed by atoms with Crippen LogP contribution in [0.4, 0.5) is 13.2 Å². The largest absolute Gasteiger partial charge is 0.452 e. The number of carbonyl (C=O) groups excluding carboxylic acids is 2. The molecule has 1 aromatic heterocycles. The third kappa shape index (κ3) is 3.93. The number of amides is 1. The zero-order valence-corrected chi connectivity index (χ0v) is 15.0. The first-order valence-electron chi connectivity index (χ1n) is 8.63. The summed E-state index contributed by atoms with van der Waals surface area (Å²) >= 11 is 1.01.